The van der Waals surface area contributed by atoms with Gasteiger partial charge in [0.15, 0.2) is 0 Å². The average Bonchev–Trinajstić information content (AvgIpc) is 2.53. The normalized spacial score (nSPS) is 18.1. The van der Waals surface area contributed by atoms with Crippen molar-refractivity contribution in [2.75, 3.05) is 39.8 Å². The van der Waals surface area contributed by atoms with Crippen LogP contribution in [0.25, 0.3) is 0 Å². The van der Waals surface area contributed by atoms with E-state index in [1.807, 2.05) is 0 Å². The summed E-state index contributed by atoms with van der Waals surface area (Å²) >= 11 is 0.480. The molecule has 0 saturated carbocycles. The Morgan fingerprint density at radius 2 is 1.83 bits per heavy atom. The molecule has 23 heavy (non-hydrogen) atoms. The predicted molar refractivity (Wildman–Crippen MR) is 89.2 cm³/mol. The van der Waals surface area contributed by atoms with Crippen LogP contribution in [0, 0.1) is 0 Å². The SMILES string of the molecule is C[C@H](CNC(=O)c1ccc(SC(F)F)cc1)N1CCN(C)CC1. The quantitative estimate of drug-likeness (QED) is 0.805. The molecule has 1 N–H and O–H groups in total. The number of carbonyl (C=O) groups excluding carboxylic acids is 1. The van der Waals surface area contributed by atoms with Crippen LogP contribution in [0.2, 0.25) is 0 Å². The lowest BCUT2D eigenvalue weighted by atomic mass is 10.2. The third-order valence-electron chi connectivity index (χ3n) is 4.06. The lowest BCUT2D eigenvalue weighted by Gasteiger charge is -2.36. The number of halogens is 2. The molecule has 1 aromatic carbocycles. The van der Waals surface area contributed by atoms with Gasteiger partial charge in [0, 0.05) is 49.2 Å². The van der Waals surface area contributed by atoms with Crippen LogP contribution >= 0.6 is 11.8 Å². The number of amides is 1. The van der Waals surface area contributed by atoms with Crippen LogP contribution in [0.15, 0.2) is 29.2 Å². The summed E-state index contributed by atoms with van der Waals surface area (Å²) in [6.07, 6.45) is 0. The number of hydrogen-bond donors (Lipinski definition) is 1. The van der Waals surface area contributed by atoms with E-state index < -0.39 is 5.76 Å². The maximum atomic E-state index is 12.3. The Morgan fingerprint density at radius 1 is 1.22 bits per heavy atom. The fourth-order valence-electron chi connectivity index (χ4n) is 2.52. The zero-order valence-corrected chi connectivity index (χ0v) is 14.3. The van der Waals surface area contributed by atoms with Crippen molar-refractivity contribution in [3.63, 3.8) is 0 Å². The van der Waals surface area contributed by atoms with Crippen LogP contribution in [-0.4, -0.2) is 67.3 Å². The average molecular weight is 343 g/mol. The second kappa shape index (κ2) is 8.61. The number of piperazine rings is 1. The molecule has 0 spiro atoms. The van der Waals surface area contributed by atoms with E-state index in [1.54, 1.807) is 24.3 Å². The second-order valence-corrected chi connectivity index (χ2v) is 6.86. The summed E-state index contributed by atoms with van der Waals surface area (Å²) in [5, 5.41) is 2.92. The van der Waals surface area contributed by atoms with Gasteiger partial charge >= 0.3 is 0 Å². The van der Waals surface area contributed by atoms with E-state index >= 15 is 0 Å². The number of carbonyl (C=O) groups is 1. The molecule has 1 amide bonds. The van der Waals surface area contributed by atoms with E-state index in [0.29, 0.717) is 28.8 Å². The van der Waals surface area contributed by atoms with Crippen molar-refractivity contribution in [1.82, 2.24) is 15.1 Å². The molecule has 1 heterocycles. The van der Waals surface area contributed by atoms with Gasteiger partial charge in [0.25, 0.3) is 11.7 Å². The highest BCUT2D eigenvalue weighted by atomic mass is 32.2. The zero-order chi connectivity index (χ0) is 16.8. The summed E-state index contributed by atoms with van der Waals surface area (Å²) in [5.41, 5.74) is 0.495. The summed E-state index contributed by atoms with van der Waals surface area (Å²) in [6, 6.07) is 6.55. The van der Waals surface area contributed by atoms with Crippen LogP contribution in [0.1, 0.15) is 17.3 Å². The van der Waals surface area contributed by atoms with E-state index in [4.69, 9.17) is 0 Å². The van der Waals surface area contributed by atoms with Crippen molar-refractivity contribution in [2.45, 2.75) is 23.6 Å². The number of nitrogens with one attached hydrogen (secondary N) is 1. The molecule has 1 atom stereocenters. The van der Waals surface area contributed by atoms with Gasteiger partial charge in [-0.05, 0) is 38.2 Å². The van der Waals surface area contributed by atoms with E-state index in [1.165, 1.54) is 0 Å². The van der Waals surface area contributed by atoms with Gasteiger partial charge in [-0.3, -0.25) is 9.69 Å². The highest BCUT2D eigenvalue weighted by Gasteiger charge is 2.19. The van der Waals surface area contributed by atoms with E-state index in [2.05, 4.69) is 29.1 Å². The lowest BCUT2D eigenvalue weighted by molar-refractivity contribution is 0.0903. The topological polar surface area (TPSA) is 35.6 Å². The first-order valence-corrected chi connectivity index (χ1v) is 8.59. The molecule has 1 aliphatic heterocycles. The van der Waals surface area contributed by atoms with Gasteiger partial charge in [0.1, 0.15) is 0 Å². The molecule has 1 saturated heterocycles. The first kappa shape index (κ1) is 18.2. The Morgan fingerprint density at radius 3 is 2.39 bits per heavy atom. The zero-order valence-electron chi connectivity index (χ0n) is 13.5. The third-order valence-corrected chi connectivity index (χ3v) is 4.78. The van der Waals surface area contributed by atoms with Crippen molar-refractivity contribution in [3.8, 4) is 0 Å². The fourth-order valence-corrected chi connectivity index (χ4v) is 3.02. The number of hydrogen-bond acceptors (Lipinski definition) is 4. The number of nitrogens with zero attached hydrogens (tertiary/aromatic N) is 2. The van der Waals surface area contributed by atoms with E-state index in [-0.39, 0.29) is 11.9 Å². The molecule has 128 valence electrons. The van der Waals surface area contributed by atoms with Gasteiger partial charge in [0.05, 0.1) is 0 Å². The molecule has 7 heteroatoms. The molecule has 0 radical (unpaired) electrons. The molecule has 0 bridgehead atoms. The summed E-state index contributed by atoms with van der Waals surface area (Å²) in [4.78, 5) is 17.2. The molecule has 0 unspecified atom stereocenters. The second-order valence-electron chi connectivity index (χ2n) is 5.80. The molecule has 0 aliphatic carbocycles. The van der Waals surface area contributed by atoms with Gasteiger partial charge in [-0.1, -0.05) is 11.8 Å². The third kappa shape index (κ3) is 5.75. The minimum atomic E-state index is -2.45. The monoisotopic (exact) mass is 343 g/mol. The highest BCUT2D eigenvalue weighted by Crippen LogP contribution is 2.25. The Hall–Kier alpha value is -1.18. The summed E-state index contributed by atoms with van der Waals surface area (Å²) < 4.78 is 24.5. The number of thioether (sulfide) groups is 1. The first-order chi connectivity index (χ1) is 11.0. The molecule has 1 aromatic rings. The number of rotatable bonds is 6. The largest absolute Gasteiger partial charge is 0.350 e. The Kier molecular flexibility index (Phi) is 6.80. The van der Waals surface area contributed by atoms with Crippen molar-refractivity contribution in [2.24, 2.45) is 0 Å². The number of likely N-dealkylation sites (N-methyl/N-ethyl adjacent to an activating group) is 1. The molecule has 4 nitrogen and oxygen atoms in total. The molecule has 1 aliphatic rings. The number of benzene rings is 1. The molecular weight excluding hydrogens is 320 g/mol. The minimum absolute atomic E-state index is 0.167. The fraction of sp³-hybridized carbons (Fsp3) is 0.562. The van der Waals surface area contributed by atoms with Crippen LogP contribution in [0.3, 0.4) is 0 Å². The van der Waals surface area contributed by atoms with Crippen molar-refractivity contribution >= 4 is 17.7 Å². The Bertz CT molecular complexity index is 505. The van der Waals surface area contributed by atoms with Crippen LogP contribution in [0.5, 0.6) is 0 Å². The molecule has 2 rings (SSSR count). The molecule has 0 aromatic heterocycles. The van der Waals surface area contributed by atoms with Gasteiger partial charge in [-0.25, -0.2) is 0 Å². The molecule has 1 fully saturated rings. The van der Waals surface area contributed by atoms with Gasteiger partial charge in [-0.2, -0.15) is 8.78 Å². The van der Waals surface area contributed by atoms with Gasteiger partial charge in [-0.15, -0.1) is 0 Å². The van der Waals surface area contributed by atoms with Crippen LogP contribution in [0.4, 0.5) is 8.78 Å². The minimum Gasteiger partial charge on any atom is -0.350 e. The smallest absolute Gasteiger partial charge is 0.288 e. The molecular formula is C16H23F2N3OS. The maximum absolute atomic E-state index is 12.3. The van der Waals surface area contributed by atoms with Crippen molar-refractivity contribution in [1.29, 1.82) is 0 Å². The van der Waals surface area contributed by atoms with Crippen molar-refractivity contribution < 1.29 is 13.6 Å². The Balaban J connectivity index is 1.80. The van der Waals surface area contributed by atoms with Crippen LogP contribution in [-0.2, 0) is 0 Å². The maximum Gasteiger partial charge on any atom is 0.288 e. The highest BCUT2D eigenvalue weighted by molar-refractivity contribution is 7.99. The van der Waals surface area contributed by atoms with E-state index in [9.17, 15) is 13.6 Å². The summed E-state index contributed by atoms with van der Waals surface area (Å²) in [5.74, 6) is -2.61. The lowest BCUT2D eigenvalue weighted by Crippen LogP contribution is -2.51. The van der Waals surface area contributed by atoms with Crippen LogP contribution < -0.4 is 5.32 Å². The first-order valence-electron chi connectivity index (χ1n) is 7.71. The standard InChI is InChI=1S/C16H23F2N3OS/c1-12(21-9-7-20(2)8-10-21)11-19-15(22)13-3-5-14(6-4-13)23-16(17)18/h3-6,12,16H,7-11H2,1-2H3,(H,19,22)/t12-/m1/s1. The summed E-state index contributed by atoms with van der Waals surface area (Å²) in [7, 11) is 2.11. The van der Waals surface area contributed by atoms with Gasteiger partial charge < -0.3 is 10.2 Å². The Labute approximate surface area is 140 Å². The van der Waals surface area contributed by atoms with E-state index in [0.717, 1.165) is 26.2 Å². The number of alkyl halides is 2. The van der Waals surface area contributed by atoms with Crippen molar-refractivity contribution in [3.05, 3.63) is 29.8 Å². The van der Waals surface area contributed by atoms with Gasteiger partial charge in [0.2, 0.25) is 0 Å². The summed E-state index contributed by atoms with van der Waals surface area (Å²) in [6.45, 7) is 6.79. The predicted octanol–water partition coefficient (Wildman–Crippen LogP) is 2.37.